The van der Waals surface area contributed by atoms with Gasteiger partial charge in [-0.2, -0.15) is 0 Å². The van der Waals surface area contributed by atoms with Gasteiger partial charge in [0.15, 0.2) is 0 Å². The zero-order valence-electron chi connectivity index (χ0n) is 36.3. The Hall–Kier alpha value is -2.75. The standard InChI is InChI=1S/2C19H27BN3O8.2Na/c2*1-19(21,18(27)22-4-5-24)9-23-7-10(8-23)30-14-3-2-11-12-6-13(12)20(28,29)31-16(11)15(14)17(25)26;;/h2*2-3,10,12-13,24,28-29H,4-9,21H2,1H3,(H,22,27)(H,25,26);;/q2*-1;2*+1/t2*12-,13-,19+;;/m00../s1. The molecule has 2 saturated carbocycles. The van der Waals surface area contributed by atoms with Crippen LogP contribution >= 0.6 is 0 Å². The zero-order chi connectivity index (χ0) is 45.1. The Morgan fingerprint density at radius 3 is 1.34 bits per heavy atom. The Bertz CT molecular complexity index is 1960. The van der Waals surface area contributed by atoms with E-state index in [2.05, 4.69) is 10.6 Å². The van der Waals surface area contributed by atoms with E-state index >= 15 is 0 Å². The van der Waals surface area contributed by atoms with Gasteiger partial charge in [0.25, 0.3) is 0 Å². The summed E-state index contributed by atoms with van der Waals surface area (Å²) in [5.74, 6) is -4.23. The molecule has 4 aliphatic heterocycles. The number of carboxylic acids is 2. The molecule has 6 atom stereocenters. The van der Waals surface area contributed by atoms with E-state index in [1.807, 2.05) is 9.80 Å². The van der Waals surface area contributed by atoms with Crippen LogP contribution in [0.3, 0.4) is 0 Å². The van der Waals surface area contributed by atoms with Gasteiger partial charge >= 0.3 is 84.6 Å². The van der Waals surface area contributed by atoms with E-state index in [4.69, 9.17) is 40.5 Å². The van der Waals surface area contributed by atoms with Gasteiger partial charge in [-0.15, -0.1) is 0 Å². The Kier molecular flexibility index (Phi) is 16.2. The summed E-state index contributed by atoms with van der Waals surface area (Å²) in [6.45, 7) is -0.791. The number of hydrogen-bond acceptors (Lipinski definition) is 18. The number of carbonyl (C=O) groups excluding carboxylic acids is 2. The first kappa shape index (κ1) is 52.2. The van der Waals surface area contributed by atoms with Crippen molar-refractivity contribution in [2.45, 2.75) is 73.4 Å². The van der Waals surface area contributed by atoms with E-state index in [-0.39, 0.29) is 168 Å². The number of carboxylic acid groups (broad SMARTS) is 2. The van der Waals surface area contributed by atoms with Crippen LogP contribution in [0.5, 0.6) is 23.0 Å². The summed E-state index contributed by atoms with van der Waals surface area (Å²) in [6.07, 6.45) is 0.452. The van der Waals surface area contributed by atoms with Gasteiger partial charge in [-0.3, -0.25) is 19.4 Å². The smallest absolute Gasteiger partial charge is 0.669 e. The van der Waals surface area contributed by atoms with Crippen molar-refractivity contribution in [3.8, 4) is 23.0 Å². The molecule has 4 heterocycles. The van der Waals surface area contributed by atoms with Crippen LogP contribution in [0.15, 0.2) is 24.3 Å². The zero-order valence-corrected chi connectivity index (χ0v) is 40.3. The third-order valence-electron chi connectivity index (χ3n) is 12.3. The predicted octanol–water partition coefficient (Wildman–Crippen LogP) is -9.10. The summed E-state index contributed by atoms with van der Waals surface area (Å²) >= 11 is 0. The van der Waals surface area contributed by atoms with Gasteiger partial charge in [-0.05, 0) is 48.9 Å². The second-order valence-corrected chi connectivity index (χ2v) is 17.8. The number of aromatic carboxylic acids is 2. The number of amides is 2. The molecule has 14 N–H and O–H groups in total. The van der Waals surface area contributed by atoms with Crippen molar-refractivity contribution in [1.29, 1.82) is 0 Å². The first-order valence-electron chi connectivity index (χ1n) is 20.6. The van der Waals surface area contributed by atoms with Crippen LogP contribution in [0.4, 0.5) is 0 Å². The molecule has 0 spiro atoms. The van der Waals surface area contributed by atoms with Gasteiger partial charge in [0, 0.05) is 52.4 Å². The molecule has 2 aromatic carbocycles. The van der Waals surface area contributed by atoms with Crippen molar-refractivity contribution < 1.29 is 138 Å². The quantitative estimate of drug-likeness (QED) is 0.0696. The molecule has 22 nitrogen and oxygen atoms in total. The molecule has 2 amide bonds. The molecule has 0 radical (unpaired) electrons. The maximum Gasteiger partial charge on any atom is 1.00 e. The SMILES string of the molecule is C[C@@](N)(CN1CC(Oc2ccc3c(c2C(=O)O)O[B-](O)(O)[C@H]2C[C@@H]32)C1)C(=O)NCCO.C[C@@](N)(CN1CC(Oc2ccc3c(c2C(=O)O)O[B-](O)(O)[C@H]2C[C@@H]32)C1)C(=O)NCCO.[Na+].[Na+]. The molecule has 6 aliphatic rings. The molecule has 2 aliphatic carbocycles. The molecular formula is C38H54B2N6Na2O16. The maximum atomic E-state index is 12.1. The first-order valence-corrected chi connectivity index (χ1v) is 20.6. The van der Waals surface area contributed by atoms with E-state index in [1.54, 1.807) is 38.1 Å². The fourth-order valence-electron chi connectivity index (χ4n) is 8.85. The molecular weight excluding hydrogens is 864 g/mol. The largest absolute Gasteiger partial charge is 1.00 e. The molecule has 2 saturated heterocycles. The van der Waals surface area contributed by atoms with Gasteiger partial charge in [-0.1, -0.05) is 36.6 Å². The third-order valence-corrected chi connectivity index (χ3v) is 12.3. The first-order chi connectivity index (χ1) is 29.1. The van der Waals surface area contributed by atoms with Crippen molar-refractivity contribution in [3.63, 3.8) is 0 Å². The molecule has 0 aromatic heterocycles. The third kappa shape index (κ3) is 11.0. The summed E-state index contributed by atoms with van der Waals surface area (Å²) in [5.41, 5.74) is 10.7. The number of hydrogen-bond donors (Lipinski definition) is 12. The predicted molar refractivity (Wildman–Crippen MR) is 218 cm³/mol. The van der Waals surface area contributed by atoms with Crippen LogP contribution in [0.1, 0.15) is 70.4 Å². The van der Waals surface area contributed by atoms with Crippen molar-refractivity contribution >= 4 is 37.3 Å². The molecule has 4 fully saturated rings. The molecule has 2 aromatic rings. The second-order valence-electron chi connectivity index (χ2n) is 17.8. The Morgan fingerprint density at radius 2 is 1.03 bits per heavy atom. The summed E-state index contributed by atoms with van der Waals surface area (Å²) < 4.78 is 22.3. The fraction of sp³-hybridized carbons (Fsp3) is 0.579. The molecule has 26 heteroatoms. The van der Waals surface area contributed by atoms with E-state index in [0.29, 0.717) is 50.1 Å². The van der Waals surface area contributed by atoms with Crippen LogP contribution in [-0.4, -0.2) is 176 Å². The van der Waals surface area contributed by atoms with E-state index in [1.165, 1.54) is 0 Å². The van der Waals surface area contributed by atoms with Crippen molar-refractivity contribution in [2.24, 2.45) is 11.5 Å². The average molecular weight is 918 g/mol. The number of aliphatic hydroxyl groups excluding tert-OH is 2. The number of nitrogens with two attached hydrogens (primary N) is 2. The van der Waals surface area contributed by atoms with E-state index < -0.39 is 48.2 Å². The number of carbonyl (C=O) groups is 4. The van der Waals surface area contributed by atoms with Crippen molar-refractivity contribution in [1.82, 2.24) is 20.4 Å². The van der Waals surface area contributed by atoms with Gasteiger partial charge in [0.05, 0.1) is 24.7 Å². The Balaban J connectivity index is 0.000000234. The minimum absolute atomic E-state index is 0. The Labute approximate surface area is 412 Å². The van der Waals surface area contributed by atoms with Crippen molar-refractivity contribution in [3.05, 3.63) is 46.5 Å². The number of likely N-dealkylation sites (tertiary alicyclic amines) is 2. The minimum Gasteiger partial charge on any atom is -0.669 e. The minimum atomic E-state index is -3.10. The fourth-order valence-corrected chi connectivity index (χ4v) is 8.85. The van der Waals surface area contributed by atoms with Crippen LogP contribution < -0.4 is 100.0 Å². The van der Waals surface area contributed by atoms with Crippen LogP contribution in [-0.2, 0) is 9.59 Å². The number of rotatable bonds is 16. The number of benzene rings is 2. The maximum absolute atomic E-state index is 12.1. The van der Waals surface area contributed by atoms with Crippen LogP contribution in [0.25, 0.3) is 0 Å². The molecule has 8 rings (SSSR count). The number of fused-ring (bicyclic) bond motifs is 6. The number of aliphatic hydroxyl groups is 2. The van der Waals surface area contributed by atoms with Gasteiger partial charge < -0.3 is 81.4 Å². The van der Waals surface area contributed by atoms with Crippen molar-refractivity contribution in [2.75, 3.05) is 65.6 Å². The van der Waals surface area contributed by atoms with E-state index in [0.717, 1.165) is 0 Å². The molecule has 340 valence electrons. The monoisotopic (exact) mass is 918 g/mol. The summed E-state index contributed by atoms with van der Waals surface area (Å²) in [7, 11) is 0. The van der Waals surface area contributed by atoms with Gasteiger partial charge in [0.1, 0.15) is 45.9 Å². The molecule has 0 unspecified atom stereocenters. The summed E-state index contributed by atoms with van der Waals surface area (Å²) in [6, 6.07) is 6.58. The van der Waals surface area contributed by atoms with Crippen LogP contribution in [0.2, 0.25) is 11.6 Å². The average Bonchev–Trinajstić information content (AvgIpc) is 4.08. The number of nitrogens with zero attached hydrogens (tertiary/aromatic N) is 2. The Morgan fingerprint density at radius 1 is 0.688 bits per heavy atom. The summed E-state index contributed by atoms with van der Waals surface area (Å²) in [4.78, 5) is 51.8. The van der Waals surface area contributed by atoms with Gasteiger partial charge in [-0.25, -0.2) is 9.59 Å². The molecule has 0 bridgehead atoms. The molecule has 64 heavy (non-hydrogen) atoms. The van der Waals surface area contributed by atoms with Crippen LogP contribution in [0, 0.1) is 0 Å². The topological polar surface area (TPSA) is 350 Å². The summed E-state index contributed by atoms with van der Waals surface area (Å²) in [5, 5.41) is 82.6. The number of nitrogens with one attached hydrogen (secondary N) is 2. The van der Waals surface area contributed by atoms with E-state index in [9.17, 15) is 49.5 Å². The normalized spacial score (nSPS) is 25.0. The second kappa shape index (κ2) is 19.8. The van der Waals surface area contributed by atoms with Gasteiger partial charge in [0.2, 0.25) is 11.8 Å². The number of ether oxygens (including phenoxy) is 2.